The van der Waals surface area contributed by atoms with Gasteiger partial charge in [0.2, 0.25) is 5.91 Å². The lowest BCUT2D eigenvalue weighted by atomic mass is 9.88. The van der Waals surface area contributed by atoms with Crippen molar-refractivity contribution in [1.29, 1.82) is 0 Å². The van der Waals surface area contributed by atoms with E-state index in [-0.39, 0.29) is 17.7 Å². The maximum atomic E-state index is 12.4. The summed E-state index contributed by atoms with van der Waals surface area (Å²) < 4.78 is 0. The number of piperidine rings is 1. The van der Waals surface area contributed by atoms with Crippen LogP contribution in [0.4, 0.5) is 5.69 Å². The summed E-state index contributed by atoms with van der Waals surface area (Å²) in [6.07, 6.45) is 7.00. The Morgan fingerprint density at radius 1 is 1.04 bits per heavy atom. The second-order valence-corrected chi connectivity index (χ2v) is 7.41. The molecule has 2 fully saturated rings. The monoisotopic (exact) mass is 344 g/mol. The van der Waals surface area contributed by atoms with Crippen LogP contribution in [0.2, 0.25) is 0 Å². The fraction of sp³-hybridized carbons (Fsp3) is 0.600. The summed E-state index contributed by atoms with van der Waals surface area (Å²) in [6, 6.07) is 8.04. The summed E-state index contributed by atoms with van der Waals surface area (Å²) in [5.41, 5.74) is 2.03. The number of aliphatic carboxylic acids is 1. The largest absolute Gasteiger partial charge is 0.481 e. The third kappa shape index (κ3) is 5.05. The van der Waals surface area contributed by atoms with Crippen molar-refractivity contribution >= 4 is 17.6 Å². The van der Waals surface area contributed by atoms with E-state index in [1.807, 2.05) is 18.2 Å². The maximum Gasteiger partial charge on any atom is 0.306 e. The van der Waals surface area contributed by atoms with E-state index in [4.69, 9.17) is 5.11 Å². The molecule has 5 nitrogen and oxygen atoms in total. The second kappa shape index (κ2) is 8.48. The number of carboxylic acid groups (broad SMARTS) is 1. The number of carboxylic acids is 1. The highest BCUT2D eigenvalue weighted by Crippen LogP contribution is 2.25. The molecule has 0 unspecified atom stereocenters. The van der Waals surface area contributed by atoms with E-state index in [0.717, 1.165) is 56.6 Å². The lowest BCUT2D eigenvalue weighted by Gasteiger charge is -2.30. The van der Waals surface area contributed by atoms with Crippen molar-refractivity contribution in [2.45, 2.75) is 51.5 Å². The van der Waals surface area contributed by atoms with Crippen molar-refractivity contribution in [3.63, 3.8) is 0 Å². The number of carbonyl (C=O) groups excluding carboxylic acids is 1. The van der Waals surface area contributed by atoms with E-state index in [0.29, 0.717) is 12.8 Å². The lowest BCUT2D eigenvalue weighted by molar-refractivity contribution is -0.143. The van der Waals surface area contributed by atoms with Crippen LogP contribution in [0, 0.1) is 11.8 Å². The van der Waals surface area contributed by atoms with Gasteiger partial charge in [0.1, 0.15) is 0 Å². The number of rotatable bonds is 5. The van der Waals surface area contributed by atoms with Gasteiger partial charge in [-0.2, -0.15) is 0 Å². The molecule has 2 aliphatic rings. The molecule has 0 bridgehead atoms. The molecule has 1 amide bonds. The Balaban J connectivity index is 1.53. The summed E-state index contributed by atoms with van der Waals surface area (Å²) in [5.74, 6) is -0.559. The van der Waals surface area contributed by atoms with Crippen LogP contribution in [0.25, 0.3) is 0 Å². The standard InChI is InChI=1S/C20H28N2O3/c23-19(16-6-2-1-3-7-16)21-18-8-4-5-15(13-18)14-22-11-9-17(10-12-22)20(24)25/h4-5,8,13,16-17H,1-3,6-7,9-12,14H2,(H,21,23)(H,24,25). The fourth-order valence-corrected chi connectivity index (χ4v) is 3.95. The molecule has 1 heterocycles. The van der Waals surface area contributed by atoms with Gasteiger partial charge >= 0.3 is 5.97 Å². The first-order valence-electron chi connectivity index (χ1n) is 9.47. The van der Waals surface area contributed by atoms with E-state index in [2.05, 4.69) is 16.3 Å². The number of hydrogen-bond acceptors (Lipinski definition) is 3. The molecule has 1 aromatic carbocycles. The minimum absolute atomic E-state index is 0.152. The Kier molecular flexibility index (Phi) is 6.08. The van der Waals surface area contributed by atoms with Gasteiger partial charge in [0.15, 0.2) is 0 Å². The zero-order valence-electron chi connectivity index (χ0n) is 14.7. The smallest absolute Gasteiger partial charge is 0.306 e. The normalized spacial score (nSPS) is 20.3. The van der Waals surface area contributed by atoms with E-state index < -0.39 is 5.97 Å². The molecule has 1 saturated heterocycles. The Labute approximate surface area is 149 Å². The van der Waals surface area contributed by atoms with Gasteiger partial charge in [0.05, 0.1) is 5.92 Å². The summed E-state index contributed by atoms with van der Waals surface area (Å²) in [5, 5.41) is 12.2. The molecule has 25 heavy (non-hydrogen) atoms. The van der Waals surface area contributed by atoms with Gasteiger partial charge in [0.25, 0.3) is 0 Å². The third-order valence-electron chi connectivity index (χ3n) is 5.51. The number of amides is 1. The Morgan fingerprint density at radius 2 is 1.76 bits per heavy atom. The molecule has 2 N–H and O–H groups in total. The fourth-order valence-electron chi connectivity index (χ4n) is 3.95. The third-order valence-corrected chi connectivity index (χ3v) is 5.51. The molecule has 5 heteroatoms. The van der Waals surface area contributed by atoms with Crippen molar-refractivity contribution in [2.24, 2.45) is 11.8 Å². The number of likely N-dealkylation sites (tertiary alicyclic amines) is 1. The zero-order chi connectivity index (χ0) is 17.6. The molecular formula is C20H28N2O3. The SMILES string of the molecule is O=C(O)C1CCN(Cc2cccc(NC(=O)C3CCCCC3)c2)CC1. The molecule has 1 aliphatic carbocycles. The van der Waals surface area contributed by atoms with Gasteiger partial charge in [-0.1, -0.05) is 31.4 Å². The van der Waals surface area contributed by atoms with Gasteiger partial charge < -0.3 is 10.4 Å². The number of anilines is 1. The van der Waals surface area contributed by atoms with E-state index >= 15 is 0 Å². The Hall–Kier alpha value is -1.88. The minimum atomic E-state index is -0.674. The molecule has 1 saturated carbocycles. The second-order valence-electron chi connectivity index (χ2n) is 7.41. The predicted octanol–water partition coefficient (Wildman–Crippen LogP) is 3.50. The molecule has 0 radical (unpaired) electrons. The predicted molar refractivity (Wildman–Crippen MR) is 97.3 cm³/mol. The van der Waals surface area contributed by atoms with Crippen LogP contribution in [0.1, 0.15) is 50.5 Å². The molecular weight excluding hydrogens is 316 g/mol. The van der Waals surface area contributed by atoms with Gasteiger partial charge in [-0.05, 0) is 56.5 Å². The van der Waals surface area contributed by atoms with Gasteiger partial charge in [-0.15, -0.1) is 0 Å². The lowest BCUT2D eigenvalue weighted by Crippen LogP contribution is -2.35. The number of nitrogens with one attached hydrogen (secondary N) is 1. The summed E-state index contributed by atoms with van der Waals surface area (Å²) >= 11 is 0. The van der Waals surface area contributed by atoms with E-state index in [1.165, 1.54) is 6.42 Å². The zero-order valence-corrected chi connectivity index (χ0v) is 14.7. The summed E-state index contributed by atoms with van der Waals surface area (Å²) in [4.78, 5) is 25.7. The quantitative estimate of drug-likeness (QED) is 0.858. The Bertz CT molecular complexity index is 603. The van der Waals surface area contributed by atoms with Gasteiger partial charge in [-0.25, -0.2) is 0 Å². The molecule has 3 rings (SSSR count). The number of nitrogens with zero attached hydrogens (tertiary/aromatic N) is 1. The highest BCUT2D eigenvalue weighted by Gasteiger charge is 2.24. The minimum Gasteiger partial charge on any atom is -0.481 e. The highest BCUT2D eigenvalue weighted by molar-refractivity contribution is 5.92. The van der Waals surface area contributed by atoms with Crippen molar-refractivity contribution in [2.75, 3.05) is 18.4 Å². The van der Waals surface area contributed by atoms with Gasteiger partial charge in [-0.3, -0.25) is 14.5 Å². The molecule has 1 aliphatic heterocycles. The molecule has 0 spiro atoms. The van der Waals surface area contributed by atoms with Crippen LogP contribution in [0.5, 0.6) is 0 Å². The molecule has 1 aromatic rings. The average molecular weight is 344 g/mol. The van der Waals surface area contributed by atoms with Crippen molar-refractivity contribution in [1.82, 2.24) is 4.90 Å². The summed E-state index contributed by atoms with van der Waals surface area (Å²) in [7, 11) is 0. The molecule has 0 aromatic heterocycles. The van der Waals surface area contributed by atoms with Crippen LogP contribution in [0.3, 0.4) is 0 Å². The van der Waals surface area contributed by atoms with Crippen molar-refractivity contribution < 1.29 is 14.7 Å². The van der Waals surface area contributed by atoms with Crippen LogP contribution in [-0.4, -0.2) is 35.0 Å². The maximum absolute atomic E-state index is 12.4. The first-order chi connectivity index (χ1) is 12.1. The number of carbonyl (C=O) groups is 2. The van der Waals surface area contributed by atoms with E-state index in [1.54, 1.807) is 0 Å². The first-order valence-corrected chi connectivity index (χ1v) is 9.47. The molecule has 136 valence electrons. The number of hydrogen-bond donors (Lipinski definition) is 2. The Morgan fingerprint density at radius 3 is 2.44 bits per heavy atom. The molecule has 0 atom stereocenters. The number of benzene rings is 1. The summed E-state index contributed by atoms with van der Waals surface area (Å²) in [6.45, 7) is 2.44. The van der Waals surface area contributed by atoms with Crippen LogP contribution in [0.15, 0.2) is 24.3 Å². The average Bonchev–Trinajstić information content (AvgIpc) is 2.63. The van der Waals surface area contributed by atoms with Crippen LogP contribution < -0.4 is 5.32 Å². The first kappa shape index (κ1) is 17.9. The topological polar surface area (TPSA) is 69.6 Å². The van der Waals surface area contributed by atoms with Crippen LogP contribution >= 0.6 is 0 Å². The van der Waals surface area contributed by atoms with Crippen molar-refractivity contribution in [3.8, 4) is 0 Å². The van der Waals surface area contributed by atoms with E-state index in [9.17, 15) is 9.59 Å². The van der Waals surface area contributed by atoms with Gasteiger partial charge in [0, 0.05) is 18.2 Å². The van der Waals surface area contributed by atoms with Crippen LogP contribution in [-0.2, 0) is 16.1 Å². The van der Waals surface area contributed by atoms with Crippen molar-refractivity contribution in [3.05, 3.63) is 29.8 Å². The highest BCUT2D eigenvalue weighted by atomic mass is 16.4.